The molecule has 0 saturated heterocycles. The van der Waals surface area contributed by atoms with Gasteiger partial charge in [-0.15, -0.1) is 0 Å². The summed E-state index contributed by atoms with van der Waals surface area (Å²) < 4.78 is 15.8. The van der Waals surface area contributed by atoms with Gasteiger partial charge in [0.25, 0.3) is 0 Å². The molecule has 29 heavy (non-hydrogen) atoms. The van der Waals surface area contributed by atoms with Gasteiger partial charge < -0.3 is 5.32 Å². The number of amides is 1. The SMILES string of the molecule is O=C(Cc1c(F)cccc1Cl)NC1CCC(n2cc(-c3cnccn3)cn2)CC1. The molecule has 1 fully saturated rings. The maximum absolute atomic E-state index is 13.9. The van der Waals surface area contributed by atoms with Gasteiger partial charge in [-0.25, -0.2) is 4.39 Å². The lowest BCUT2D eigenvalue weighted by molar-refractivity contribution is -0.121. The Balaban J connectivity index is 1.31. The molecular formula is C21H21ClFN5O. The Kier molecular flexibility index (Phi) is 5.85. The molecule has 6 nitrogen and oxygen atoms in total. The lowest BCUT2D eigenvalue weighted by atomic mass is 9.91. The van der Waals surface area contributed by atoms with Crippen molar-refractivity contribution in [3.63, 3.8) is 0 Å². The van der Waals surface area contributed by atoms with E-state index in [1.165, 1.54) is 12.1 Å². The number of nitrogens with zero attached hydrogens (tertiary/aromatic N) is 4. The minimum atomic E-state index is -0.450. The van der Waals surface area contributed by atoms with Crippen LogP contribution in [0.4, 0.5) is 4.39 Å². The molecule has 4 rings (SSSR count). The van der Waals surface area contributed by atoms with E-state index >= 15 is 0 Å². The lowest BCUT2D eigenvalue weighted by Gasteiger charge is -2.29. The fraction of sp³-hybridized carbons (Fsp3) is 0.333. The van der Waals surface area contributed by atoms with Gasteiger partial charge in [0.1, 0.15) is 5.82 Å². The first-order chi connectivity index (χ1) is 14.1. The summed E-state index contributed by atoms with van der Waals surface area (Å²) in [6, 6.07) is 4.82. The third-order valence-electron chi connectivity index (χ3n) is 5.30. The minimum absolute atomic E-state index is 0.0495. The average Bonchev–Trinajstić information content (AvgIpc) is 3.22. The van der Waals surface area contributed by atoms with Gasteiger partial charge in [-0.05, 0) is 37.8 Å². The molecule has 0 atom stereocenters. The smallest absolute Gasteiger partial charge is 0.224 e. The molecule has 0 spiro atoms. The van der Waals surface area contributed by atoms with E-state index in [4.69, 9.17) is 11.6 Å². The van der Waals surface area contributed by atoms with Crippen molar-refractivity contribution in [2.45, 2.75) is 44.2 Å². The summed E-state index contributed by atoms with van der Waals surface area (Å²) in [4.78, 5) is 20.7. The quantitative estimate of drug-likeness (QED) is 0.686. The molecule has 2 heterocycles. The fourth-order valence-corrected chi connectivity index (χ4v) is 3.97. The molecule has 0 bridgehead atoms. The van der Waals surface area contributed by atoms with E-state index in [9.17, 15) is 9.18 Å². The highest BCUT2D eigenvalue weighted by atomic mass is 35.5. The predicted octanol–water partition coefficient (Wildman–Crippen LogP) is 3.98. The first-order valence-electron chi connectivity index (χ1n) is 9.63. The van der Waals surface area contributed by atoms with Crippen molar-refractivity contribution >= 4 is 17.5 Å². The van der Waals surface area contributed by atoms with Gasteiger partial charge in [0.2, 0.25) is 5.91 Å². The van der Waals surface area contributed by atoms with Crippen LogP contribution in [-0.2, 0) is 11.2 Å². The molecule has 0 radical (unpaired) electrons. The number of carbonyl (C=O) groups excluding carboxylic acids is 1. The van der Waals surface area contributed by atoms with Crippen molar-refractivity contribution in [3.05, 3.63) is 65.6 Å². The number of halogens is 2. The monoisotopic (exact) mass is 413 g/mol. The molecule has 1 aliphatic carbocycles. The van der Waals surface area contributed by atoms with Crippen molar-refractivity contribution in [2.24, 2.45) is 0 Å². The van der Waals surface area contributed by atoms with Crippen LogP contribution in [0.3, 0.4) is 0 Å². The molecule has 1 aromatic carbocycles. The van der Waals surface area contributed by atoms with Crippen LogP contribution in [0.1, 0.15) is 37.3 Å². The molecule has 1 aliphatic rings. The zero-order chi connectivity index (χ0) is 20.2. The Labute approximate surface area is 173 Å². The Morgan fingerprint density at radius 1 is 1.21 bits per heavy atom. The van der Waals surface area contributed by atoms with Crippen LogP contribution in [0.25, 0.3) is 11.3 Å². The van der Waals surface area contributed by atoms with Gasteiger partial charge in [-0.1, -0.05) is 17.7 Å². The molecule has 1 saturated carbocycles. The summed E-state index contributed by atoms with van der Waals surface area (Å²) in [6.45, 7) is 0. The fourth-order valence-electron chi connectivity index (χ4n) is 3.74. The Morgan fingerprint density at radius 3 is 2.76 bits per heavy atom. The van der Waals surface area contributed by atoms with Gasteiger partial charge in [-0.2, -0.15) is 5.10 Å². The zero-order valence-electron chi connectivity index (χ0n) is 15.8. The first kappa shape index (κ1) is 19.5. The van der Waals surface area contributed by atoms with E-state index in [1.54, 1.807) is 30.9 Å². The summed E-state index contributed by atoms with van der Waals surface area (Å²) in [7, 11) is 0. The number of hydrogen-bond donors (Lipinski definition) is 1. The maximum atomic E-state index is 13.9. The highest BCUT2D eigenvalue weighted by molar-refractivity contribution is 6.31. The van der Waals surface area contributed by atoms with Gasteiger partial charge in [0.05, 0.1) is 30.6 Å². The van der Waals surface area contributed by atoms with E-state index in [2.05, 4.69) is 20.4 Å². The lowest BCUT2D eigenvalue weighted by Crippen LogP contribution is -2.39. The Hall–Kier alpha value is -2.80. The highest BCUT2D eigenvalue weighted by Gasteiger charge is 2.24. The summed E-state index contributed by atoms with van der Waals surface area (Å²) in [6.07, 6.45) is 12.3. The average molecular weight is 414 g/mol. The molecule has 1 N–H and O–H groups in total. The van der Waals surface area contributed by atoms with Crippen LogP contribution in [0.5, 0.6) is 0 Å². The molecule has 0 aliphatic heterocycles. The molecule has 3 aromatic rings. The Morgan fingerprint density at radius 2 is 2.03 bits per heavy atom. The van der Waals surface area contributed by atoms with Crippen LogP contribution < -0.4 is 5.32 Å². The van der Waals surface area contributed by atoms with Gasteiger partial charge >= 0.3 is 0 Å². The van der Waals surface area contributed by atoms with Gasteiger partial charge in [0, 0.05) is 40.8 Å². The minimum Gasteiger partial charge on any atom is -0.353 e. The van der Waals surface area contributed by atoms with Gasteiger partial charge in [-0.3, -0.25) is 19.4 Å². The van der Waals surface area contributed by atoms with Crippen molar-refractivity contribution in [1.82, 2.24) is 25.1 Å². The number of rotatable bonds is 5. The predicted molar refractivity (Wildman–Crippen MR) is 108 cm³/mol. The van der Waals surface area contributed by atoms with Crippen molar-refractivity contribution in [1.29, 1.82) is 0 Å². The van der Waals surface area contributed by atoms with E-state index in [0.29, 0.717) is 0 Å². The largest absolute Gasteiger partial charge is 0.353 e. The second-order valence-electron chi connectivity index (χ2n) is 7.25. The van der Waals surface area contributed by atoms with Crippen molar-refractivity contribution in [2.75, 3.05) is 0 Å². The van der Waals surface area contributed by atoms with Gasteiger partial charge in [0.15, 0.2) is 0 Å². The van der Waals surface area contributed by atoms with Crippen molar-refractivity contribution < 1.29 is 9.18 Å². The molecule has 0 unspecified atom stereocenters. The summed E-state index contributed by atoms with van der Waals surface area (Å²) in [5, 5.41) is 7.77. The normalized spacial score (nSPS) is 19.1. The summed E-state index contributed by atoms with van der Waals surface area (Å²) in [5.41, 5.74) is 1.98. The van der Waals surface area contributed by atoms with E-state index in [-0.39, 0.29) is 35.0 Å². The Bertz CT molecular complexity index is 965. The number of benzene rings is 1. The third-order valence-corrected chi connectivity index (χ3v) is 5.65. The van der Waals surface area contributed by atoms with Crippen LogP contribution in [0.2, 0.25) is 5.02 Å². The zero-order valence-corrected chi connectivity index (χ0v) is 16.5. The van der Waals surface area contributed by atoms with Crippen LogP contribution in [-0.4, -0.2) is 31.7 Å². The van der Waals surface area contributed by atoms with Crippen molar-refractivity contribution in [3.8, 4) is 11.3 Å². The van der Waals surface area contributed by atoms with Crippen LogP contribution in [0, 0.1) is 5.82 Å². The van der Waals surface area contributed by atoms with E-state index in [0.717, 1.165) is 36.9 Å². The van der Waals surface area contributed by atoms with Crippen LogP contribution in [0.15, 0.2) is 49.2 Å². The topological polar surface area (TPSA) is 72.7 Å². The standard InChI is InChI=1S/C21H21ClFN5O/c22-18-2-1-3-19(23)17(18)10-21(29)27-15-4-6-16(7-5-15)28-13-14(11-26-28)20-12-24-8-9-25-20/h1-3,8-9,11-13,15-16H,4-7,10H2,(H,27,29). The third kappa shape index (κ3) is 4.62. The molecular weight excluding hydrogens is 393 g/mol. The van der Waals surface area contributed by atoms with Crippen LogP contribution >= 0.6 is 11.6 Å². The molecule has 150 valence electrons. The summed E-state index contributed by atoms with van der Waals surface area (Å²) >= 11 is 6.01. The molecule has 2 aromatic heterocycles. The number of aromatic nitrogens is 4. The van der Waals surface area contributed by atoms with E-state index in [1.807, 2.05) is 10.9 Å². The molecule has 8 heteroatoms. The second kappa shape index (κ2) is 8.69. The summed E-state index contributed by atoms with van der Waals surface area (Å²) in [5.74, 6) is -0.654. The van der Waals surface area contributed by atoms with E-state index < -0.39 is 5.82 Å². The second-order valence-corrected chi connectivity index (χ2v) is 7.66. The molecule has 1 amide bonds. The first-order valence-corrected chi connectivity index (χ1v) is 10.0. The maximum Gasteiger partial charge on any atom is 0.224 e. The highest BCUT2D eigenvalue weighted by Crippen LogP contribution is 2.29. The number of carbonyl (C=O) groups is 1. The number of hydrogen-bond acceptors (Lipinski definition) is 4. The number of nitrogens with one attached hydrogen (secondary N) is 1.